The van der Waals surface area contributed by atoms with Crippen molar-refractivity contribution in [3.05, 3.63) is 94.8 Å². The summed E-state index contributed by atoms with van der Waals surface area (Å²) in [6.45, 7) is 0.104. The fourth-order valence-electron chi connectivity index (χ4n) is 3.70. The number of hydrogen-bond acceptors (Lipinski definition) is 5. The molecule has 2 aromatic carbocycles. The van der Waals surface area contributed by atoms with Crippen molar-refractivity contribution in [2.24, 2.45) is 0 Å². The van der Waals surface area contributed by atoms with E-state index in [0.717, 1.165) is 11.1 Å². The molecule has 2 heterocycles. The molecule has 0 unspecified atom stereocenters. The van der Waals surface area contributed by atoms with Crippen LogP contribution < -0.4 is 5.32 Å². The first-order valence-corrected chi connectivity index (χ1v) is 10.5. The van der Waals surface area contributed by atoms with Crippen molar-refractivity contribution in [1.82, 2.24) is 9.88 Å². The molecular formula is C24H22ClN3O4. The molecule has 1 fully saturated rings. The number of aliphatic hydroxyl groups excluding tert-OH is 1. The zero-order valence-electron chi connectivity index (χ0n) is 17.1. The maximum Gasteiger partial charge on any atom is 0.255 e. The summed E-state index contributed by atoms with van der Waals surface area (Å²) in [5.41, 5.74) is 2.79. The molecule has 1 saturated heterocycles. The van der Waals surface area contributed by atoms with Crippen molar-refractivity contribution < 1.29 is 19.4 Å². The van der Waals surface area contributed by atoms with Crippen LogP contribution in [0, 0.1) is 0 Å². The Morgan fingerprint density at radius 2 is 1.91 bits per heavy atom. The summed E-state index contributed by atoms with van der Waals surface area (Å²) >= 11 is 5.85. The summed E-state index contributed by atoms with van der Waals surface area (Å²) in [7, 11) is 0. The van der Waals surface area contributed by atoms with E-state index in [1.54, 1.807) is 23.1 Å². The van der Waals surface area contributed by atoms with E-state index in [1.807, 2.05) is 42.5 Å². The summed E-state index contributed by atoms with van der Waals surface area (Å²) in [5.74, 6) is -0.465. The van der Waals surface area contributed by atoms with E-state index in [2.05, 4.69) is 10.3 Å². The number of morpholine rings is 1. The van der Waals surface area contributed by atoms with Crippen molar-refractivity contribution in [3.8, 4) is 0 Å². The number of rotatable bonds is 6. The van der Waals surface area contributed by atoms with E-state index in [0.29, 0.717) is 17.8 Å². The predicted molar refractivity (Wildman–Crippen MR) is 120 cm³/mol. The Labute approximate surface area is 190 Å². The predicted octanol–water partition coefficient (Wildman–Crippen LogP) is 3.45. The first-order valence-electron chi connectivity index (χ1n) is 10.1. The molecule has 1 aliphatic rings. The Hall–Kier alpha value is -3.26. The molecular weight excluding hydrogens is 430 g/mol. The molecule has 8 heteroatoms. The zero-order valence-corrected chi connectivity index (χ0v) is 17.9. The molecule has 7 nitrogen and oxygen atoms in total. The van der Waals surface area contributed by atoms with Crippen molar-refractivity contribution in [3.63, 3.8) is 0 Å². The average Bonchev–Trinajstić information content (AvgIpc) is 2.81. The van der Waals surface area contributed by atoms with Crippen LogP contribution in [0.4, 0.5) is 5.69 Å². The highest BCUT2D eigenvalue weighted by molar-refractivity contribution is 6.29. The fraction of sp³-hybridized carbons (Fsp3) is 0.208. The number of benzene rings is 2. The molecule has 0 bridgehead atoms. The molecule has 1 aromatic heterocycles. The maximum absolute atomic E-state index is 12.5. The van der Waals surface area contributed by atoms with Gasteiger partial charge in [0.25, 0.3) is 5.91 Å². The van der Waals surface area contributed by atoms with Gasteiger partial charge >= 0.3 is 0 Å². The third-order valence-corrected chi connectivity index (χ3v) is 5.53. The molecule has 4 rings (SSSR count). The summed E-state index contributed by atoms with van der Waals surface area (Å²) in [5, 5.41) is 13.1. The van der Waals surface area contributed by atoms with Crippen molar-refractivity contribution in [1.29, 1.82) is 0 Å². The summed E-state index contributed by atoms with van der Waals surface area (Å²) in [4.78, 5) is 30.4. The zero-order chi connectivity index (χ0) is 22.5. The second-order valence-electron chi connectivity index (χ2n) is 7.43. The number of hydrogen-bond donors (Lipinski definition) is 2. The Morgan fingerprint density at radius 1 is 1.16 bits per heavy atom. The molecule has 0 spiro atoms. The number of carbonyl (C=O) groups excluding carboxylic acids is 2. The van der Waals surface area contributed by atoms with Crippen LogP contribution in [-0.2, 0) is 16.1 Å². The van der Waals surface area contributed by atoms with Crippen molar-refractivity contribution in [2.75, 3.05) is 18.5 Å². The van der Waals surface area contributed by atoms with Crippen LogP contribution in [0.1, 0.15) is 27.6 Å². The largest absolute Gasteiger partial charge is 0.394 e. The molecule has 2 N–H and O–H groups in total. The van der Waals surface area contributed by atoms with Crippen LogP contribution in [0.15, 0.2) is 72.9 Å². The van der Waals surface area contributed by atoms with Gasteiger partial charge in [0.05, 0.1) is 12.6 Å². The SMILES string of the molecule is O=C(Nc1ccc([C@H]2OCC(=O)N(Cc3ccccc3)[C@@H]2CO)cc1)c1ccnc(Cl)c1. The Kier molecular flexibility index (Phi) is 6.80. The molecule has 3 aromatic rings. The van der Waals surface area contributed by atoms with Crippen molar-refractivity contribution in [2.45, 2.75) is 18.7 Å². The number of carbonyl (C=O) groups is 2. The maximum atomic E-state index is 12.5. The minimum absolute atomic E-state index is 0.0602. The van der Waals surface area contributed by atoms with Gasteiger partial charge in [-0.15, -0.1) is 0 Å². The van der Waals surface area contributed by atoms with Crippen LogP contribution in [0.2, 0.25) is 5.15 Å². The van der Waals surface area contributed by atoms with Gasteiger partial charge in [-0.25, -0.2) is 4.98 Å². The molecule has 0 radical (unpaired) electrons. The van der Waals surface area contributed by atoms with Gasteiger partial charge in [-0.3, -0.25) is 9.59 Å². The molecule has 2 amide bonds. The Morgan fingerprint density at radius 3 is 2.59 bits per heavy atom. The van der Waals surface area contributed by atoms with Crippen LogP contribution in [0.5, 0.6) is 0 Å². The first-order chi connectivity index (χ1) is 15.5. The topological polar surface area (TPSA) is 91.8 Å². The highest BCUT2D eigenvalue weighted by Crippen LogP contribution is 2.31. The number of halogens is 1. The van der Waals surface area contributed by atoms with Gasteiger partial charge in [0.15, 0.2) is 0 Å². The number of nitrogens with one attached hydrogen (secondary N) is 1. The van der Waals surface area contributed by atoms with Crippen LogP contribution >= 0.6 is 11.6 Å². The normalized spacial score (nSPS) is 18.4. The number of anilines is 1. The number of aliphatic hydroxyl groups is 1. The lowest BCUT2D eigenvalue weighted by Crippen LogP contribution is -2.52. The molecule has 32 heavy (non-hydrogen) atoms. The molecule has 1 aliphatic heterocycles. The number of amides is 2. The lowest BCUT2D eigenvalue weighted by atomic mass is 9.98. The second kappa shape index (κ2) is 9.91. The summed E-state index contributed by atoms with van der Waals surface area (Å²) < 4.78 is 5.79. The number of aromatic nitrogens is 1. The molecule has 164 valence electrons. The summed E-state index contributed by atoms with van der Waals surface area (Å²) in [6.07, 6.45) is 0.989. The van der Waals surface area contributed by atoms with Crippen molar-refractivity contribution >= 4 is 29.1 Å². The van der Waals surface area contributed by atoms with E-state index in [-0.39, 0.29) is 30.2 Å². The number of nitrogens with zero attached hydrogens (tertiary/aromatic N) is 2. The Bertz CT molecular complexity index is 1090. The number of ether oxygens (including phenoxy) is 1. The third-order valence-electron chi connectivity index (χ3n) is 5.33. The van der Waals surface area contributed by atoms with Gasteiger partial charge in [-0.2, -0.15) is 0 Å². The smallest absolute Gasteiger partial charge is 0.255 e. The van der Waals surface area contributed by atoms with E-state index in [4.69, 9.17) is 16.3 Å². The van der Waals surface area contributed by atoms with Gasteiger partial charge in [0.2, 0.25) is 5.91 Å². The quantitative estimate of drug-likeness (QED) is 0.560. The first kappa shape index (κ1) is 22.0. The van der Waals surface area contributed by atoms with E-state index in [1.165, 1.54) is 12.3 Å². The number of pyridine rings is 1. The van der Waals surface area contributed by atoms with E-state index in [9.17, 15) is 14.7 Å². The van der Waals surface area contributed by atoms with E-state index >= 15 is 0 Å². The van der Waals surface area contributed by atoms with Gasteiger partial charge in [0.1, 0.15) is 17.9 Å². The minimum atomic E-state index is -0.518. The van der Waals surface area contributed by atoms with Crippen LogP contribution in [0.3, 0.4) is 0 Å². The molecule has 0 saturated carbocycles. The minimum Gasteiger partial charge on any atom is -0.394 e. The third kappa shape index (κ3) is 4.96. The highest BCUT2D eigenvalue weighted by Gasteiger charge is 2.37. The summed E-state index contributed by atoms with van der Waals surface area (Å²) in [6, 6.07) is 19.3. The monoisotopic (exact) mass is 451 g/mol. The van der Waals surface area contributed by atoms with Gasteiger partial charge < -0.3 is 20.1 Å². The molecule has 2 atom stereocenters. The fourth-order valence-corrected chi connectivity index (χ4v) is 3.88. The van der Waals surface area contributed by atoms with Crippen LogP contribution in [0.25, 0.3) is 0 Å². The van der Waals surface area contributed by atoms with Gasteiger partial charge in [0, 0.05) is 24.0 Å². The Balaban J connectivity index is 1.48. The van der Waals surface area contributed by atoms with E-state index < -0.39 is 12.1 Å². The van der Waals surface area contributed by atoms with Crippen LogP contribution in [-0.4, -0.2) is 46.1 Å². The highest BCUT2D eigenvalue weighted by atomic mass is 35.5. The lowest BCUT2D eigenvalue weighted by Gasteiger charge is -2.40. The van der Waals surface area contributed by atoms with Gasteiger partial charge in [-0.1, -0.05) is 54.1 Å². The second-order valence-corrected chi connectivity index (χ2v) is 7.82. The average molecular weight is 452 g/mol. The standard InChI is InChI=1S/C24H22ClN3O4/c25-21-12-18(10-11-26-21)24(31)27-19-8-6-17(7-9-19)23-20(14-29)28(22(30)15-32-23)13-16-4-2-1-3-5-16/h1-12,20,23,29H,13-15H2,(H,27,31)/t20-,23-/m1/s1. The molecule has 0 aliphatic carbocycles. The van der Waals surface area contributed by atoms with Gasteiger partial charge in [-0.05, 0) is 35.4 Å². The lowest BCUT2D eigenvalue weighted by molar-refractivity contribution is -0.162.